The Bertz CT molecular complexity index is 1410. The normalized spacial score (nSPS) is 11.0. The van der Waals surface area contributed by atoms with Crippen LogP contribution in [0.2, 0.25) is 25.1 Å². The van der Waals surface area contributed by atoms with Crippen molar-refractivity contribution in [3.05, 3.63) is 108 Å². The van der Waals surface area contributed by atoms with Crippen LogP contribution in [0, 0.1) is 13.8 Å². The molecule has 0 aliphatic rings. The van der Waals surface area contributed by atoms with Gasteiger partial charge in [-0.1, -0.05) is 76.2 Å². The molecule has 0 spiro atoms. The summed E-state index contributed by atoms with van der Waals surface area (Å²) in [6, 6.07) is 15.5. The molecule has 1 aromatic heterocycles. The highest BCUT2D eigenvalue weighted by molar-refractivity contribution is 6.40. The summed E-state index contributed by atoms with van der Waals surface area (Å²) in [4.78, 5) is 13.1. The van der Waals surface area contributed by atoms with Gasteiger partial charge in [-0.05, 0) is 55.8 Å². The van der Waals surface area contributed by atoms with Crippen LogP contribution in [0.4, 0.5) is 5.69 Å². The van der Waals surface area contributed by atoms with Crippen molar-refractivity contribution < 1.29 is 9.53 Å². The molecule has 0 bridgehead atoms. The molecule has 186 valence electrons. The summed E-state index contributed by atoms with van der Waals surface area (Å²) < 4.78 is 7.56. The van der Waals surface area contributed by atoms with E-state index in [2.05, 4.69) is 10.4 Å². The van der Waals surface area contributed by atoms with E-state index in [-0.39, 0.29) is 12.5 Å². The van der Waals surface area contributed by atoms with Crippen LogP contribution in [0.15, 0.2) is 54.6 Å². The van der Waals surface area contributed by atoms with Crippen molar-refractivity contribution in [3.8, 4) is 5.75 Å². The van der Waals surface area contributed by atoms with E-state index in [9.17, 15) is 4.79 Å². The molecule has 1 heterocycles. The SMILES string of the molecule is Cc1nn(Cc2c(Cl)cccc2Cl)c(C)c1NC(=O)c1cccc(COc2c(Cl)cc(Cl)cc2Cl)c1. The molecule has 1 amide bonds. The number of nitrogens with zero attached hydrogens (tertiary/aromatic N) is 2. The van der Waals surface area contributed by atoms with Crippen LogP contribution in [-0.4, -0.2) is 15.7 Å². The molecule has 36 heavy (non-hydrogen) atoms. The van der Waals surface area contributed by atoms with E-state index in [1.54, 1.807) is 53.2 Å². The molecule has 0 unspecified atom stereocenters. The summed E-state index contributed by atoms with van der Waals surface area (Å²) >= 11 is 31.0. The molecular formula is C26H20Cl5N3O2. The Labute approximate surface area is 233 Å². The van der Waals surface area contributed by atoms with E-state index in [0.717, 1.165) is 16.8 Å². The van der Waals surface area contributed by atoms with Gasteiger partial charge in [-0.15, -0.1) is 0 Å². The molecule has 4 aromatic rings. The lowest BCUT2D eigenvalue weighted by molar-refractivity contribution is 0.102. The summed E-state index contributed by atoms with van der Waals surface area (Å²) in [5, 5.41) is 9.68. The maximum atomic E-state index is 13.1. The number of anilines is 1. The number of aromatic nitrogens is 2. The summed E-state index contributed by atoms with van der Waals surface area (Å²) in [7, 11) is 0. The Morgan fingerprint density at radius 1 is 0.917 bits per heavy atom. The molecule has 0 radical (unpaired) electrons. The average Bonchev–Trinajstić information content (AvgIpc) is 3.08. The molecule has 0 saturated carbocycles. The molecule has 0 aliphatic heterocycles. The van der Waals surface area contributed by atoms with Crippen molar-refractivity contribution in [1.82, 2.24) is 9.78 Å². The quantitative estimate of drug-likeness (QED) is 0.237. The lowest BCUT2D eigenvalue weighted by atomic mass is 10.1. The van der Waals surface area contributed by atoms with Crippen LogP contribution in [0.25, 0.3) is 0 Å². The maximum Gasteiger partial charge on any atom is 0.255 e. The van der Waals surface area contributed by atoms with Gasteiger partial charge in [0.1, 0.15) is 6.61 Å². The number of halogens is 5. The highest BCUT2D eigenvalue weighted by Gasteiger charge is 2.18. The first-order valence-corrected chi connectivity index (χ1v) is 12.7. The third-order valence-electron chi connectivity index (χ3n) is 5.52. The number of amides is 1. The summed E-state index contributed by atoms with van der Waals surface area (Å²) in [6.45, 7) is 4.25. The molecule has 4 rings (SSSR count). The predicted molar refractivity (Wildman–Crippen MR) is 147 cm³/mol. The van der Waals surface area contributed by atoms with Gasteiger partial charge in [0.25, 0.3) is 5.91 Å². The number of nitrogens with one attached hydrogen (secondary N) is 1. The molecule has 1 N–H and O–H groups in total. The van der Waals surface area contributed by atoms with E-state index in [0.29, 0.717) is 54.4 Å². The van der Waals surface area contributed by atoms with Crippen molar-refractivity contribution in [3.63, 3.8) is 0 Å². The average molecular weight is 584 g/mol. The first kappa shape index (κ1) is 26.6. The second-order valence-corrected chi connectivity index (χ2v) is 10.1. The first-order chi connectivity index (χ1) is 17.1. The lowest BCUT2D eigenvalue weighted by Crippen LogP contribution is -2.14. The van der Waals surface area contributed by atoms with Crippen molar-refractivity contribution >= 4 is 69.6 Å². The Kier molecular flexibility index (Phi) is 8.38. The van der Waals surface area contributed by atoms with Crippen LogP contribution in [0.5, 0.6) is 5.75 Å². The molecule has 3 aromatic carbocycles. The second kappa shape index (κ2) is 11.3. The number of rotatable bonds is 7. The summed E-state index contributed by atoms with van der Waals surface area (Å²) in [6.07, 6.45) is 0. The van der Waals surface area contributed by atoms with E-state index in [1.807, 2.05) is 19.9 Å². The number of ether oxygens (including phenoxy) is 1. The van der Waals surface area contributed by atoms with E-state index in [1.165, 1.54) is 0 Å². The maximum absolute atomic E-state index is 13.1. The Hall–Kier alpha value is -2.41. The zero-order chi connectivity index (χ0) is 26.0. The standard InChI is InChI=1S/C26H20Cl5N3O2/c1-14-24(15(2)34(33-14)12-19-20(28)7-4-8-21(19)29)32-26(35)17-6-3-5-16(9-17)13-36-25-22(30)10-18(27)11-23(25)31/h3-11H,12-13H2,1-2H3,(H,32,35). The number of benzene rings is 3. The van der Waals surface area contributed by atoms with Crippen molar-refractivity contribution in [1.29, 1.82) is 0 Å². The fourth-order valence-electron chi connectivity index (χ4n) is 3.68. The van der Waals surface area contributed by atoms with Crippen LogP contribution in [-0.2, 0) is 13.2 Å². The van der Waals surface area contributed by atoms with Crippen LogP contribution in [0.3, 0.4) is 0 Å². The summed E-state index contributed by atoms with van der Waals surface area (Å²) in [5.41, 5.74) is 4.08. The Morgan fingerprint density at radius 3 is 2.22 bits per heavy atom. The van der Waals surface area contributed by atoms with Crippen LogP contribution in [0.1, 0.15) is 32.9 Å². The van der Waals surface area contributed by atoms with Crippen LogP contribution < -0.4 is 10.1 Å². The molecule has 5 nitrogen and oxygen atoms in total. The van der Waals surface area contributed by atoms with Gasteiger partial charge in [0.05, 0.1) is 33.7 Å². The van der Waals surface area contributed by atoms with Gasteiger partial charge in [0, 0.05) is 26.2 Å². The van der Waals surface area contributed by atoms with Crippen molar-refractivity contribution in [2.24, 2.45) is 0 Å². The Balaban J connectivity index is 1.49. The van der Waals surface area contributed by atoms with E-state index in [4.69, 9.17) is 62.7 Å². The highest BCUT2D eigenvalue weighted by atomic mass is 35.5. The van der Waals surface area contributed by atoms with Gasteiger partial charge in [-0.25, -0.2) is 0 Å². The van der Waals surface area contributed by atoms with Crippen molar-refractivity contribution in [2.75, 3.05) is 5.32 Å². The van der Waals surface area contributed by atoms with E-state index < -0.39 is 0 Å². The minimum atomic E-state index is -0.277. The largest absolute Gasteiger partial charge is 0.486 e. The van der Waals surface area contributed by atoms with Crippen molar-refractivity contribution in [2.45, 2.75) is 27.0 Å². The van der Waals surface area contributed by atoms with Gasteiger partial charge in [-0.2, -0.15) is 5.10 Å². The number of aryl methyl sites for hydroxylation is 1. The number of hydrogen-bond donors (Lipinski definition) is 1. The molecule has 0 fully saturated rings. The Morgan fingerprint density at radius 2 is 1.56 bits per heavy atom. The fourth-order valence-corrected chi connectivity index (χ4v) is 5.12. The summed E-state index contributed by atoms with van der Waals surface area (Å²) in [5.74, 6) is 0.0517. The first-order valence-electron chi connectivity index (χ1n) is 10.8. The second-order valence-electron chi connectivity index (χ2n) is 8.05. The number of carbonyl (C=O) groups excluding carboxylic acids is 1. The zero-order valence-electron chi connectivity index (χ0n) is 19.2. The van der Waals surface area contributed by atoms with Gasteiger partial charge < -0.3 is 10.1 Å². The minimum Gasteiger partial charge on any atom is -0.486 e. The molecule has 0 saturated heterocycles. The molecular weight excluding hydrogens is 564 g/mol. The van der Waals surface area contributed by atoms with Gasteiger partial charge in [-0.3, -0.25) is 9.48 Å². The minimum absolute atomic E-state index is 0.163. The fraction of sp³-hybridized carbons (Fsp3) is 0.154. The molecule has 0 atom stereocenters. The third kappa shape index (κ3) is 5.93. The number of hydrogen-bond acceptors (Lipinski definition) is 3. The van der Waals surface area contributed by atoms with E-state index >= 15 is 0 Å². The lowest BCUT2D eigenvalue weighted by Gasteiger charge is -2.12. The zero-order valence-corrected chi connectivity index (χ0v) is 23.0. The third-order valence-corrected chi connectivity index (χ3v) is 7.01. The number of carbonyl (C=O) groups is 1. The predicted octanol–water partition coefficient (Wildman–Crippen LogP) is 8.65. The molecule has 10 heteroatoms. The van der Waals surface area contributed by atoms with Gasteiger partial charge in [0.2, 0.25) is 0 Å². The molecule has 0 aliphatic carbocycles. The topological polar surface area (TPSA) is 56.2 Å². The smallest absolute Gasteiger partial charge is 0.255 e. The highest BCUT2D eigenvalue weighted by Crippen LogP contribution is 2.36. The van der Waals surface area contributed by atoms with Gasteiger partial charge in [0.15, 0.2) is 5.75 Å². The van der Waals surface area contributed by atoms with Crippen LogP contribution >= 0.6 is 58.0 Å². The van der Waals surface area contributed by atoms with Gasteiger partial charge >= 0.3 is 0 Å². The monoisotopic (exact) mass is 581 g/mol.